The van der Waals surface area contributed by atoms with Gasteiger partial charge in [-0.1, -0.05) is 39.0 Å². The molecule has 25 heavy (non-hydrogen) atoms. The fourth-order valence-electron chi connectivity index (χ4n) is 3.96. The molecule has 2 atom stereocenters. The molecule has 0 spiro atoms. The largest absolute Gasteiger partial charge is 0.379 e. The van der Waals surface area contributed by atoms with Crippen molar-refractivity contribution in [1.29, 1.82) is 0 Å². The average molecular weight is 345 g/mol. The summed E-state index contributed by atoms with van der Waals surface area (Å²) >= 11 is 0. The van der Waals surface area contributed by atoms with Crippen LogP contribution in [0.1, 0.15) is 38.7 Å². The Hall–Kier alpha value is -1.59. The molecule has 5 heteroatoms. The lowest BCUT2D eigenvalue weighted by atomic mass is 10.0. The summed E-state index contributed by atoms with van der Waals surface area (Å²) < 4.78 is 5.48. The van der Waals surface area contributed by atoms with E-state index in [0.717, 1.165) is 45.0 Å². The highest BCUT2D eigenvalue weighted by molar-refractivity contribution is 5.94. The highest BCUT2D eigenvalue weighted by Crippen LogP contribution is 2.35. The Bertz CT molecular complexity index is 584. The van der Waals surface area contributed by atoms with E-state index >= 15 is 0 Å². The summed E-state index contributed by atoms with van der Waals surface area (Å²) in [5, 5.41) is 3.19. The van der Waals surface area contributed by atoms with Gasteiger partial charge in [-0.05, 0) is 24.0 Å². The zero-order valence-electron chi connectivity index (χ0n) is 15.7. The lowest BCUT2D eigenvalue weighted by Crippen LogP contribution is -2.51. The molecule has 1 aromatic carbocycles. The minimum Gasteiger partial charge on any atom is -0.379 e. The van der Waals surface area contributed by atoms with Crippen LogP contribution in [-0.2, 0) is 4.74 Å². The number of nitrogens with zero attached hydrogens (tertiary/aromatic N) is 2. The number of ether oxygens (including phenoxy) is 1. The Kier molecular flexibility index (Phi) is 5.97. The van der Waals surface area contributed by atoms with Crippen LogP contribution < -0.4 is 10.2 Å². The van der Waals surface area contributed by atoms with Gasteiger partial charge in [-0.3, -0.25) is 9.80 Å². The van der Waals surface area contributed by atoms with Crippen LogP contribution in [-0.4, -0.2) is 56.4 Å². The van der Waals surface area contributed by atoms with Crippen LogP contribution in [0.25, 0.3) is 0 Å². The van der Waals surface area contributed by atoms with Crippen LogP contribution in [0.3, 0.4) is 0 Å². The molecule has 1 N–H and O–H groups in total. The van der Waals surface area contributed by atoms with Crippen LogP contribution in [0, 0.1) is 5.92 Å². The van der Waals surface area contributed by atoms with Crippen LogP contribution in [0.15, 0.2) is 24.3 Å². The molecule has 138 valence electrons. The van der Waals surface area contributed by atoms with E-state index in [9.17, 15) is 4.79 Å². The Morgan fingerprint density at radius 3 is 2.72 bits per heavy atom. The van der Waals surface area contributed by atoms with E-state index < -0.39 is 0 Å². The van der Waals surface area contributed by atoms with E-state index in [2.05, 4.69) is 37.1 Å². The Balaban J connectivity index is 1.61. The van der Waals surface area contributed by atoms with E-state index in [1.165, 1.54) is 5.56 Å². The molecule has 0 bridgehead atoms. The van der Waals surface area contributed by atoms with Crippen LogP contribution in [0.4, 0.5) is 10.5 Å². The van der Waals surface area contributed by atoms with Gasteiger partial charge < -0.3 is 10.1 Å². The number of nitrogens with one attached hydrogen (secondary N) is 1. The molecule has 2 amide bonds. The van der Waals surface area contributed by atoms with Crippen molar-refractivity contribution in [3.05, 3.63) is 29.8 Å². The summed E-state index contributed by atoms with van der Waals surface area (Å²) in [5.74, 6) is 1.00. The van der Waals surface area contributed by atoms with Crippen LogP contribution in [0.2, 0.25) is 0 Å². The van der Waals surface area contributed by atoms with Gasteiger partial charge in [0, 0.05) is 43.8 Å². The van der Waals surface area contributed by atoms with E-state index in [4.69, 9.17) is 4.74 Å². The third-order valence-electron chi connectivity index (χ3n) is 5.25. The molecular weight excluding hydrogens is 314 g/mol. The predicted molar refractivity (Wildman–Crippen MR) is 101 cm³/mol. The number of carbonyl (C=O) groups excluding carboxylic acids is 1. The first-order valence-corrected chi connectivity index (χ1v) is 9.52. The van der Waals surface area contributed by atoms with Gasteiger partial charge in [0.1, 0.15) is 0 Å². The number of carbonyl (C=O) groups is 1. The number of rotatable bonds is 5. The molecular formula is C20H31N3O2. The second-order valence-electron chi connectivity index (χ2n) is 7.69. The highest BCUT2D eigenvalue weighted by Gasteiger charge is 2.30. The number of anilines is 1. The number of amides is 2. The molecule has 0 aliphatic carbocycles. The first-order chi connectivity index (χ1) is 12.1. The zero-order chi connectivity index (χ0) is 17.8. The van der Waals surface area contributed by atoms with Crippen molar-refractivity contribution in [2.24, 2.45) is 5.92 Å². The number of hydrogen-bond donors (Lipinski definition) is 1. The number of fused-ring (bicyclic) bond motifs is 1. The minimum absolute atomic E-state index is 0.0267. The zero-order valence-corrected chi connectivity index (χ0v) is 15.7. The summed E-state index contributed by atoms with van der Waals surface area (Å²) in [7, 11) is 0. The molecule has 2 unspecified atom stereocenters. The number of morpholine rings is 1. The molecule has 2 aliphatic heterocycles. The van der Waals surface area contributed by atoms with E-state index in [-0.39, 0.29) is 6.03 Å². The van der Waals surface area contributed by atoms with Crippen molar-refractivity contribution in [1.82, 2.24) is 10.2 Å². The average Bonchev–Trinajstić information content (AvgIpc) is 2.96. The van der Waals surface area contributed by atoms with E-state index in [1.54, 1.807) is 0 Å². The quantitative estimate of drug-likeness (QED) is 0.892. The Morgan fingerprint density at radius 1 is 1.28 bits per heavy atom. The Labute approximate surface area is 151 Å². The topological polar surface area (TPSA) is 44.8 Å². The van der Waals surface area contributed by atoms with Crippen molar-refractivity contribution in [3.63, 3.8) is 0 Å². The SMILES string of the molecule is CC(C)CC(CNC(=O)N1CC(C)c2ccccc21)N1CCOCC1. The van der Waals surface area contributed by atoms with Gasteiger partial charge in [-0.25, -0.2) is 4.79 Å². The van der Waals surface area contributed by atoms with Gasteiger partial charge in [-0.2, -0.15) is 0 Å². The van der Waals surface area contributed by atoms with Crippen molar-refractivity contribution >= 4 is 11.7 Å². The van der Waals surface area contributed by atoms with Crippen molar-refractivity contribution in [2.45, 2.75) is 39.2 Å². The predicted octanol–water partition coefficient (Wildman–Crippen LogP) is 3.07. The first kappa shape index (κ1) is 18.2. The third-order valence-corrected chi connectivity index (χ3v) is 5.25. The second kappa shape index (κ2) is 8.19. The normalized spacial score (nSPS) is 22.1. The molecule has 3 rings (SSSR count). The van der Waals surface area contributed by atoms with Crippen LogP contribution in [0.5, 0.6) is 0 Å². The van der Waals surface area contributed by atoms with Crippen molar-refractivity contribution < 1.29 is 9.53 Å². The summed E-state index contributed by atoms with van der Waals surface area (Å²) in [6, 6.07) is 8.64. The molecule has 0 radical (unpaired) electrons. The second-order valence-corrected chi connectivity index (χ2v) is 7.69. The standard InChI is InChI=1S/C20H31N3O2/c1-15(2)12-17(22-8-10-25-11-9-22)13-21-20(24)23-14-16(3)18-6-4-5-7-19(18)23/h4-7,15-17H,8-14H2,1-3H3,(H,21,24). The molecule has 5 nitrogen and oxygen atoms in total. The minimum atomic E-state index is 0.0267. The van der Waals surface area contributed by atoms with Gasteiger partial charge in [0.25, 0.3) is 0 Å². The fraction of sp³-hybridized carbons (Fsp3) is 0.650. The maximum atomic E-state index is 12.8. The molecule has 0 aromatic heterocycles. The maximum Gasteiger partial charge on any atom is 0.321 e. The van der Waals surface area contributed by atoms with E-state index in [0.29, 0.717) is 24.4 Å². The Morgan fingerprint density at radius 2 is 2.00 bits per heavy atom. The number of benzene rings is 1. The number of urea groups is 1. The monoisotopic (exact) mass is 345 g/mol. The maximum absolute atomic E-state index is 12.8. The lowest BCUT2D eigenvalue weighted by molar-refractivity contribution is 0.0130. The summed E-state index contributed by atoms with van der Waals surface area (Å²) in [6.45, 7) is 11.6. The summed E-state index contributed by atoms with van der Waals surface area (Å²) in [4.78, 5) is 17.2. The van der Waals surface area contributed by atoms with Crippen molar-refractivity contribution in [3.8, 4) is 0 Å². The molecule has 1 aromatic rings. The smallest absolute Gasteiger partial charge is 0.321 e. The molecule has 2 aliphatic rings. The molecule has 1 fully saturated rings. The molecule has 1 saturated heterocycles. The summed E-state index contributed by atoms with van der Waals surface area (Å²) in [6.07, 6.45) is 1.09. The number of hydrogen-bond acceptors (Lipinski definition) is 3. The van der Waals surface area contributed by atoms with E-state index in [1.807, 2.05) is 23.1 Å². The van der Waals surface area contributed by atoms with Gasteiger partial charge in [0.2, 0.25) is 0 Å². The van der Waals surface area contributed by atoms with Crippen LogP contribution >= 0.6 is 0 Å². The fourth-order valence-corrected chi connectivity index (χ4v) is 3.96. The molecule has 2 heterocycles. The first-order valence-electron chi connectivity index (χ1n) is 9.52. The van der Waals surface area contributed by atoms with Gasteiger partial charge in [-0.15, -0.1) is 0 Å². The highest BCUT2D eigenvalue weighted by atomic mass is 16.5. The van der Waals surface area contributed by atoms with Gasteiger partial charge in [0.05, 0.1) is 13.2 Å². The number of para-hydroxylation sites is 1. The summed E-state index contributed by atoms with van der Waals surface area (Å²) in [5.41, 5.74) is 2.32. The third kappa shape index (κ3) is 4.33. The van der Waals surface area contributed by atoms with Gasteiger partial charge in [0.15, 0.2) is 0 Å². The lowest BCUT2D eigenvalue weighted by Gasteiger charge is -2.35. The van der Waals surface area contributed by atoms with Gasteiger partial charge >= 0.3 is 6.03 Å². The molecule has 0 saturated carbocycles. The van der Waals surface area contributed by atoms with Crippen molar-refractivity contribution in [2.75, 3.05) is 44.3 Å².